The summed E-state index contributed by atoms with van der Waals surface area (Å²) in [5.41, 5.74) is 10.6. The van der Waals surface area contributed by atoms with E-state index in [1.807, 2.05) is 30.3 Å². The highest BCUT2D eigenvalue weighted by Gasteiger charge is 2.24. The molecule has 0 spiro atoms. The van der Waals surface area contributed by atoms with Crippen LogP contribution in [0.1, 0.15) is 23.6 Å². The van der Waals surface area contributed by atoms with E-state index in [2.05, 4.69) is 16.4 Å². The molecular formula is C23H21F2N3S. The third-order valence-corrected chi connectivity index (χ3v) is 6.12. The van der Waals surface area contributed by atoms with Gasteiger partial charge >= 0.3 is 0 Å². The van der Waals surface area contributed by atoms with Gasteiger partial charge in [0.1, 0.15) is 5.84 Å². The first kappa shape index (κ1) is 19.5. The largest absolute Gasteiger partial charge is 0.384 e. The summed E-state index contributed by atoms with van der Waals surface area (Å²) in [6.45, 7) is 1.82. The number of rotatable bonds is 5. The second-order valence-corrected chi connectivity index (χ2v) is 8.29. The van der Waals surface area contributed by atoms with Gasteiger partial charge in [-0.1, -0.05) is 42.5 Å². The van der Waals surface area contributed by atoms with Crippen LogP contribution in [-0.2, 0) is 12.3 Å². The van der Waals surface area contributed by atoms with E-state index < -0.39 is 5.92 Å². The lowest BCUT2D eigenvalue weighted by Gasteiger charge is -2.18. The second kappa shape index (κ2) is 7.52. The van der Waals surface area contributed by atoms with Gasteiger partial charge in [0.05, 0.1) is 5.69 Å². The van der Waals surface area contributed by atoms with Crippen molar-refractivity contribution in [1.82, 2.24) is 0 Å². The van der Waals surface area contributed by atoms with Crippen LogP contribution in [0.3, 0.4) is 0 Å². The molecule has 3 nitrogen and oxygen atoms in total. The van der Waals surface area contributed by atoms with E-state index in [0.29, 0.717) is 5.56 Å². The Morgan fingerprint density at radius 2 is 1.66 bits per heavy atom. The highest BCUT2D eigenvalue weighted by atomic mass is 32.2. The van der Waals surface area contributed by atoms with Gasteiger partial charge in [-0.25, -0.2) is 8.78 Å². The SMILES string of the molecule is CC(F)(F)c1ccc(-c2ccc3c(c2)CCN3Sc2ccc(C(=N)N)cc2)cc1. The molecule has 0 fully saturated rings. The van der Waals surface area contributed by atoms with Crippen LogP contribution in [0.4, 0.5) is 14.5 Å². The molecule has 0 bridgehead atoms. The molecule has 0 aromatic heterocycles. The van der Waals surface area contributed by atoms with E-state index in [9.17, 15) is 8.78 Å². The molecule has 3 N–H and O–H groups in total. The quantitative estimate of drug-likeness (QED) is 0.317. The number of amidine groups is 1. The first-order valence-electron chi connectivity index (χ1n) is 9.33. The standard InChI is InChI=1S/C23H21F2N3S/c1-23(24,25)19-7-2-15(3-8-19)17-6-11-21-18(14-17)12-13-28(21)29-20-9-4-16(5-10-20)22(26)27/h2-11,14H,12-13H2,1H3,(H3,26,27). The van der Waals surface area contributed by atoms with Gasteiger partial charge in [0.2, 0.25) is 0 Å². The Labute approximate surface area is 173 Å². The van der Waals surface area contributed by atoms with Gasteiger partial charge in [0, 0.05) is 29.5 Å². The molecule has 1 aliphatic rings. The summed E-state index contributed by atoms with van der Waals surface area (Å²) in [7, 11) is 0. The predicted molar refractivity (Wildman–Crippen MR) is 116 cm³/mol. The minimum atomic E-state index is -2.82. The molecule has 6 heteroatoms. The third-order valence-electron chi connectivity index (χ3n) is 5.04. The van der Waals surface area contributed by atoms with Crippen LogP contribution in [0.25, 0.3) is 11.1 Å². The van der Waals surface area contributed by atoms with Crippen molar-refractivity contribution < 1.29 is 8.78 Å². The summed E-state index contributed by atoms with van der Waals surface area (Å²) >= 11 is 1.66. The van der Waals surface area contributed by atoms with Gasteiger partial charge in [-0.3, -0.25) is 5.41 Å². The topological polar surface area (TPSA) is 53.1 Å². The Bertz CT molecular complexity index is 1040. The van der Waals surface area contributed by atoms with Gasteiger partial charge in [0.15, 0.2) is 0 Å². The summed E-state index contributed by atoms with van der Waals surface area (Å²) in [4.78, 5) is 1.09. The van der Waals surface area contributed by atoms with Gasteiger partial charge < -0.3 is 10.0 Å². The van der Waals surface area contributed by atoms with Crippen molar-refractivity contribution in [2.75, 3.05) is 10.8 Å². The Kier molecular flexibility index (Phi) is 5.04. The second-order valence-electron chi connectivity index (χ2n) is 7.19. The van der Waals surface area contributed by atoms with Crippen molar-refractivity contribution in [3.8, 4) is 11.1 Å². The van der Waals surface area contributed by atoms with Crippen LogP contribution in [-0.4, -0.2) is 12.4 Å². The molecule has 3 aromatic carbocycles. The number of anilines is 1. The summed E-state index contributed by atoms with van der Waals surface area (Å²) in [6, 6.07) is 20.4. The molecule has 0 amide bonds. The number of benzene rings is 3. The number of halogens is 2. The molecule has 3 aromatic rings. The fourth-order valence-corrected chi connectivity index (χ4v) is 4.40. The Morgan fingerprint density at radius 1 is 1.00 bits per heavy atom. The van der Waals surface area contributed by atoms with Gasteiger partial charge in [-0.05, 0) is 59.3 Å². The Balaban J connectivity index is 1.52. The van der Waals surface area contributed by atoms with Crippen molar-refractivity contribution in [2.45, 2.75) is 24.2 Å². The maximum atomic E-state index is 13.4. The van der Waals surface area contributed by atoms with E-state index in [-0.39, 0.29) is 11.4 Å². The number of alkyl halides is 2. The first-order valence-corrected chi connectivity index (χ1v) is 10.1. The zero-order valence-electron chi connectivity index (χ0n) is 16.0. The number of hydrogen-bond acceptors (Lipinski definition) is 3. The van der Waals surface area contributed by atoms with Crippen molar-refractivity contribution in [2.24, 2.45) is 5.73 Å². The van der Waals surface area contributed by atoms with Crippen LogP contribution < -0.4 is 10.0 Å². The first-order chi connectivity index (χ1) is 13.8. The monoisotopic (exact) mass is 409 g/mol. The van der Waals surface area contributed by atoms with E-state index in [0.717, 1.165) is 35.9 Å². The average molecular weight is 410 g/mol. The smallest absolute Gasteiger partial charge is 0.270 e. The zero-order valence-corrected chi connectivity index (χ0v) is 16.8. The van der Waals surface area contributed by atoms with E-state index in [1.165, 1.54) is 23.4 Å². The molecule has 1 aliphatic heterocycles. The number of hydrogen-bond donors (Lipinski definition) is 2. The van der Waals surface area contributed by atoms with E-state index >= 15 is 0 Å². The summed E-state index contributed by atoms with van der Waals surface area (Å²) in [6.07, 6.45) is 0.937. The van der Waals surface area contributed by atoms with Crippen LogP contribution >= 0.6 is 11.9 Å². The average Bonchev–Trinajstić information content (AvgIpc) is 3.10. The number of nitrogens with zero attached hydrogens (tertiary/aromatic N) is 1. The maximum Gasteiger partial charge on any atom is 0.270 e. The van der Waals surface area contributed by atoms with Crippen LogP contribution in [0, 0.1) is 5.41 Å². The molecule has 1 heterocycles. The summed E-state index contributed by atoms with van der Waals surface area (Å²) in [5, 5.41) is 7.48. The predicted octanol–water partition coefficient (Wildman–Crippen LogP) is 5.82. The van der Waals surface area contributed by atoms with Crippen LogP contribution in [0.2, 0.25) is 0 Å². The van der Waals surface area contributed by atoms with Crippen LogP contribution in [0.5, 0.6) is 0 Å². The minimum Gasteiger partial charge on any atom is -0.384 e. The maximum absolute atomic E-state index is 13.4. The third kappa shape index (κ3) is 4.12. The van der Waals surface area contributed by atoms with Gasteiger partial charge in [-0.15, -0.1) is 0 Å². The molecule has 148 valence electrons. The molecule has 4 rings (SSSR count). The van der Waals surface area contributed by atoms with Crippen LogP contribution in [0.15, 0.2) is 71.6 Å². The van der Waals surface area contributed by atoms with Gasteiger partial charge in [0.25, 0.3) is 5.92 Å². The zero-order chi connectivity index (χ0) is 20.6. The molecule has 0 atom stereocenters. The van der Waals surface area contributed by atoms with Crippen molar-refractivity contribution >= 4 is 23.5 Å². The highest BCUT2D eigenvalue weighted by Crippen LogP contribution is 2.39. The summed E-state index contributed by atoms with van der Waals surface area (Å²) in [5.74, 6) is -2.76. The lowest BCUT2D eigenvalue weighted by atomic mass is 9.99. The number of fused-ring (bicyclic) bond motifs is 1. The minimum absolute atomic E-state index is 0.0285. The number of nitrogens with one attached hydrogen (secondary N) is 1. The summed E-state index contributed by atoms with van der Waals surface area (Å²) < 4.78 is 29.1. The van der Waals surface area contributed by atoms with Crippen molar-refractivity contribution in [3.05, 3.63) is 83.4 Å². The number of nitrogens with two attached hydrogens (primary N) is 1. The van der Waals surface area contributed by atoms with Crippen molar-refractivity contribution in [3.63, 3.8) is 0 Å². The molecule has 29 heavy (non-hydrogen) atoms. The molecule has 0 saturated carbocycles. The molecular weight excluding hydrogens is 388 g/mol. The Hall–Kier alpha value is -2.86. The normalized spacial score (nSPS) is 13.4. The van der Waals surface area contributed by atoms with Crippen molar-refractivity contribution in [1.29, 1.82) is 5.41 Å². The number of nitrogen functional groups attached to an aromatic ring is 1. The fraction of sp³-hybridized carbons (Fsp3) is 0.174. The van der Waals surface area contributed by atoms with E-state index in [4.69, 9.17) is 11.1 Å². The molecule has 0 saturated heterocycles. The lowest BCUT2D eigenvalue weighted by Crippen LogP contribution is -2.11. The Morgan fingerprint density at radius 3 is 2.28 bits per heavy atom. The molecule has 0 aliphatic carbocycles. The van der Waals surface area contributed by atoms with E-state index in [1.54, 1.807) is 24.1 Å². The fourth-order valence-electron chi connectivity index (χ4n) is 3.42. The lowest BCUT2D eigenvalue weighted by molar-refractivity contribution is 0.0175. The molecule has 0 unspecified atom stereocenters. The van der Waals surface area contributed by atoms with Gasteiger partial charge in [-0.2, -0.15) is 0 Å². The molecule has 0 radical (unpaired) electrons. The highest BCUT2D eigenvalue weighted by molar-refractivity contribution is 8.00.